The van der Waals surface area contributed by atoms with Gasteiger partial charge >= 0.3 is 0 Å². The second kappa shape index (κ2) is 5.92. The molecule has 3 aliphatic rings. The van der Waals surface area contributed by atoms with Gasteiger partial charge in [0, 0.05) is 25.2 Å². The van der Waals surface area contributed by atoms with Crippen molar-refractivity contribution >= 4 is 0 Å². The van der Waals surface area contributed by atoms with E-state index in [0.29, 0.717) is 5.54 Å². The van der Waals surface area contributed by atoms with Crippen LogP contribution in [-0.4, -0.2) is 36.6 Å². The van der Waals surface area contributed by atoms with Gasteiger partial charge in [-0.05, 0) is 31.7 Å². The van der Waals surface area contributed by atoms with E-state index in [1.165, 1.54) is 90.4 Å². The third kappa shape index (κ3) is 3.08. The predicted molar refractivity (Wildman–Crippen MR) is 76.8 cm³/mol. The largest absolute Gasteiger partial charge is 0.309 e. The van der Waals surface area contributed by atoms with E-state index >= 15 is 0 Å². The van der Waals surface area contributed by atoms with E-state index in [4.69, 9.17) is 0 Å². The van der Waals surface area contributed by atoms with E-state index in [9.17, 15) is 0 Å². The lowest BCUT2D eigenvalue weighted by atomic mass is 9.80. The van der Waals surface area contributed by atoms with Crippen LogP contribution in [0, 0.1) is 5.92 Å². The van der Waals surface area contributed by atoms with Crippen LogP contribution in [0.25, 0.3) is 0 Å². The molecule has 1 heterocycles. The Morgan fingerprint density at radius 1 is 1.00 bits per heavy atom. The predicted octanol–water partition coefficient (Wildman–Crippen LogP) is 3.17. The van der Waals surface area contributed by atoms with Gasteiger partial charge in [0.05, 0.1) is 0 Å². The molecule has 2 aliphatic carbocycles. The summed E-state index contributed by atoms with van der Waals surface area (Å²) < 4.78 is 0. The highest BCUT2D eigenvalue weighted by Gasteiger charge is 2.35. The highest BCUT2D eigenvalue weighted by atomic mass is 15.2. The molecule has 0 atom stereocenters. The maximum atomic E-state index is 3.85. The lowest BCUT2D eigenvalue weighted by molar-refractivity contribution is 0.0950. The van der Waals surface area contributed by atoms with E-state index in [2.05, 4.69) is 10.2 Å². The Bertz CT molecular complexity index is 246. The van der Waals surface area contributed by atoms with Crippen molar-refractivity contribution in [2.24, 2.45) is 5.92 Å². The minimum atomic E-state index is 0.506. The summed E-state index contributed by atoms with van der Waals surface area (Å²) in [5.41, 5.74) is 0.506. The van der Waals surface area contributed by atoms with Crippen molar-refractivity contribution in [1.29, 1.82) is 0 Å². The number of hydrogen-bond donors (Lipinski definition) is 1. The standard InChI is InChI=1S/C16H30N2/c1-4-9-16(10-5-1)14-18(13-11-17-16)12-8-15-6-2-3-7-15/h15,17H,1-14H2. The van der Waals surface area contributed by atoms with Gasteiger partial charge in [-0.25, -0.2) is 0 Å². The summed E-state index contributed by atoms with van der Waals surface area (Å²) in [4.78, 5) is 2.76. The molecule has 0 aromatic rings. The summed E-state index contributed by atoms with van der Waals surface area (Å²) in [6, 6.07) is 0. The van der Waals surface area contributed by atoms with Gasteiger partial charge < -0.3 is 10.2 Å². The molecule has 0 radical (unpaired) electrons. The average Bonchev–Trinajstić information content (AvgIpc) is 2.91. The molecule has 0 bridgehead atoms. The van der Waals surface area contributed by atoms with Crippen LogP contribution in [0.4, 0.5) is 0 Å². The van der Waals surface area contributed by atoms with E-state index in [0.717, 1.165) is 5.92 Å². The van der Waals surface area contributed by atoms with E-state index in [-0.39, 0.29) is 0 Å². The lowest BCUT2D eigenvalue weighted by Crippen LogP contribution is -2.61. The zero-order valence-corrected chi connectivity index (χ0v) is 11.9. The van der Waals surface area contributed by atoms with Crippen molar-refractivity contribution in [2.45, 2.75) is 69.7 Å². The van der Waals surface area contributed by atoms with Crippen LogP contribution in [-0.2, 0) is 0 Å². The molecule has 0 aromatic carbocycles. The molecule has 1 N–H and O–H groups in total. The summed E-state index contributed by atoms with van der Waals surface area (Å²) in [6.07, 6.45) is 14.7. The molecule has 3 rings (SSSR count). The average molecular weight is 250 g/mol. The molecule has 0 unspecified atom stereocenters. The molecule has 3 fully saturated rings. The first kappa shape index (κ1) is 12.9. The Balaban J connectivity index is 1.47. The van der Waals surface area contributed by atoms with Gasteiger partial charge in [-0.1, -0.05) is 44.9 Å². The summed E-state index contributed by atoms with van der Waals surface area (Å²) in [6.45, 7) is 5.22. The third-order valence-corrected chi connectivity index (χ3v) is 5.59. The summed E-state index contributed by atoms with van der Waals surface area (Å²) >= 11 is 0. The normalized spacial score (nSPS) is 30.0. The molecule has 104 valence electrons. The fraction of sp³-hybridized carbons (Fsp3) is 1.00. The minimum Gasteiger partial charge on any atom is -0.309 e. The van der Waals surface area contributed by atoms with Gasteiger partial charge in [-0.2, -0.15) is 0 Å². The first-order chi connectivity index (χ1) is 8.86. The van der Waals surface area contributed by atoms with Gasteiger partial charge in [-0.3, -0.25) is 0 Å². The van der Waals surface area contributed by atoms with Crippen molar-refractivity contribution in [3.63, 3.8) is 0 Å². The molecule has 18 heavy (non-hydrogen) atoms. The van der Waals surface area contributed by atoms with Crippen LogP contribution < -0.4 is 5.32 Å². The topological polar surface area (TPSA) is 15.3 Å². The molecule has 2 nitrogen and oxygen atoms in total. The molecule has 0 aromatic heterocycles. The molecule has 1 spiro atoms. The van der Waals surface area contributed by atoms with Crippen LogP contribution in [0.3, 0.4) is 0 Å². The van der Waals surface area contributed by atoms with Crippen molar-refractivity contribution < 1.29 is 0 Å². The van der Waals surface area contributed by atoms with E-state index in [1.807, 2.05) is 0 Å². The van der Waals surface area contributed by atoms with Crippen LogP contribution in [0.15, 0.2) is 0 Å². The van der Waals surface area contributed by atoms with Crippen molar-refractivity contribution in [1.82, 2.24) is 10.2 Å². The van der Waals surface area contributed by atoms with E-state index < -0.39 is 0 Å². The SMILES string of the molecule is C1CCC2(CC1)CN(CCC1CCCC1)CCN2. The molecule has 1 saturated heterocycles. The Morgan fingerprint density at radius 3 is 2.56 bits per heavy atom. The molecule has 0 amide bonds. The molecule has 2 heteroatoms. The zero-order valence-electron chi connectivity index (χ0n) is 11.9. The number of hydrogen-bond acceptors (Lipinski definition) is 2. The minimum absolute atomic E-state index is 0.506. The fourth-order valence-corrected chi connectivity index (χ4v) is 4.46. The quantitative estimate of drug-likeness (QED) is 0.827. The summed E-state index contributed by atoms with van der Waals surface area (Å²) in [7, 11) is 0. The first-order valence-electron chi connectivity index (χ1n) is 8.34. The Hall–Kier alpha value is -0.0800. The van der Waals surface area contributed by atoms with Gasteiger partial charge in [-0.15, -0.1) is 0 Å². The van der Waals surface area contributed by atoms with Crippen molar-refractivity contribution in [3.8, 4) is 0 Å². The van der Waals surface area contributed by atoms with Gasteiger partial charge in [0.2, 0.25) is 0 Å². The number of piperazine rings is 1. The second-order valence-electron chi connectivity index (χ2n) is 6.98. The summed E-state index contributed by atoms with van der Waals surface area (Å²) in [5.74, 6) is 1.06. The second-order valence-corrected chi connectivity index (χ2v) is 6.98. The lowest BCUT2D eigenvalue weighted by Gasteiger charge is -2.46. The molecule has 1 aliphatic heterocycles. The van der Waals surface area contributed by atoms with Gasteiger partial charge in [0.1, 0.15) is 0 Å². The third-order valence-electron chi connectivity index (χ3n) is 5.59. The first-order valence-corrected chi connectivity index (χ1v) is 8.34. The Morgan fingerprint density at radius 2 is 1.78 bits per heavy atom. The van der Waals surface area contributed by atoms with E-state index in [1.54, 1.807) is 0 Å². The number of nitrogens with one attached hydrogen (secondary N) is 1. The van der Waals surface area contributed by atoms with Crippen LogP contribution in [0.5, 0.6) is 0 Å². The van der Waals surface area contributed by atoms with Crippen LogP contribution in [0.2, 0.25) is 0 Å². The number of nitrogens with zero attached hydrogens (tertiary/aromatic N) is 1. The smallest absolute Gasteiger partial charge is 0.0309 e. The monoisotopic (exact) mass is 250 g/mol. The maximum absolute atomic E-state index is 3.85. The Kier molecular flexibility index (Phi) is 4.25. The van der Waals surface area contributed by atoms with Gasteiger partial charge in [0.15, 0.2) is 0 Å². The number of rotatable bonds is 3. The zero-order chi connectivity index (χ0) is 12.3. The van der Waals surface area contributed by atoms with Gasteiger partial charge in [0.25, 0.3) is 0 Å². The highest BCUT2D eigenvalue weighted by Crippen LogP contribution is 2.32. The maximum Gasteiger partial charge on any atom is 0.0309 e. The van der Waals surface area contributed by atoms with Crippen LogP contribution >= 0.6 is 0 Å². The highest BCUT2D eigenvalue weighted by molar-refractivity contribution is 4.96. The molecule has 2 saturated carbocycles. The fourth-order valence-electron chi connectivity index (χ4n) is 4.46. The molecular weight excluding hydrogens is 220 g/mol. The van der Waals surface area contributed by atoms with Crippen LogP contribution in [0.1, 0.15) is 64.2 Å². The summed E-state index contributed by atoms with van der Waals surface area (Å²) in [5, 5.41) is 3.85. The van der Waals surface area contributed by atoms with Crippen molar-refractivity contribution in [3.05, 3.63) is 0 Å². The Labute approximate surface area is 113 Å². The molecular formula is C16H30N2. The van der Waals surface area contributed by atoms with Crippen molar-refractivity contribution in [2.75, 3.05) is 26.2 Å².